The maximum absolute atomic E-state index is 12.1. The first-order valence-electron chi connectivity index (χ1n) is 8.47. The molecule has 2 rings (SSSR count). The number of allylic oxidation sites excluding steroid dienone is 1. The van der Waals surface area contributed by atoms with E-state index in [1.54, 1.807) is 18.2 Å². The smallest absolute Gasteiger partial charge is 0.163 e. The summed E-state index contributed by atoms with van der Waals surface area (Å²) < 4.78 is 24.3. The van der Waals surface area contributed by atoms with Gasteiger partial charge in [0.1, 0.15) is 11.0 Å². The second-order valence-corrected chi connectivity index (χ2v) is 8.68. The van der Waals surface area contributed by atoms with Crippen LogP contribution in [0.4, 0.5) is 0 Å². The molecule has 1 aliphatic heterocycles. The molecule has 0 aromatic heterocycles. The molecule has 0 saturated heterocycles. The second-order valence-electron chi connectivity index (χ2n) is 6.49. The Kier molecular flexibility index (Phi) is 6.43. The van der Waals surface area contributed by atoms with Crippen LogP contribution in [0.25, 0.3) is 6.08 Å². The van der Waals surface area contributed by atoms with Crippen molar-refractivity contribution in [1.82, 2.24) is 0 Å². The minimum atomic E-state index is -3.42. The van der Waals surface area contributed by atoms with Gasteiger partial charge in [-0.3, -0.25) is 0 Å². The Morgan fingerprint density at radius 2 is 2.04 bits per heavy atom. The first-order valence-corrected chi connectivity index (χ1v) is 10.2. The summed E-state index contributed by atoms with van der Waals surface area (Å²) >= 11 is 0. The van der Waals surface area contributed by atoms with E-state index >= 15 is 0 Å². The Bertz CT molecular complexity index is 777. The molecule has 0 radical (unpaired) electrons. The summed E-state index contributed by atoms with van der Waals surface area (Å²) in [6.07, 6.45) is 2.45. The van der Waals surface area contributed by atoms with Crippen molar-refractivity contribution in [1.29, 1.82) is 0 Å². The molecule has 0 amide bonds. The van der Waals surface area contributed by atoms with E-state index in [2.05, 4.69) is 0 Å². The van der Waals surface area contributed by atoms with Crippen molar-refractivity contribution >= 4 is 15.9 Å². The van der Waals surface area contributed by atoms with E-state index in [9.17, 15) is 23.7 Å². The van der Waals surface area contributed by atoms with Crippen LogP contribution in [0.15, 0.2) is 41.0 Å². The summed E-state index contributed by atoms with van der Waals surface area (Å²) in [6, 6.07) is 7.00. The third kappa shape index (κ3) is 4.51. The van der Waals surface area contributed by atoms with Crippen LogP contribution in [0.2, 0.25) is 0 Å². The molecule has 0 bridgehead atoms. The minimum absolute atomic E-state index is 0.0756. The number of rotatable bonds is 7. The molecule has 0 saturated carbocycles. The fourth-order valence-electron chi connectivity index (χ4n) is 3.28. The highest BCUT2D eigenvalue weighted by molar-refractivity contribution is 7.92. The molecule has 3 N–H and O–H groups in total. The van der Waals surface area contributed by atoms with Gasteiger partial charge in [-0.2, -0.15) is 0 Å². The standard InChI is InChI=1S/C19H26O5S/c1-3-14-12-25(23,24)18(11-20)19(14)17(22)9-8-13(2)10-15-6-4-5-7-16(15)21/h4-7,10,17-18,20-22H,3,8-9,11-12H2,1-2H3/b13-10+/t17-,18+/m1/s1. The van der Waals surface area contributed by atoms with Crippen LogP contribution in [0, 0.1) is 0 Å². The molecule has 0 aliphatic carbocycles. The molecule has 2 atom stereocenters. The lowest BCUT2D eigenvalue weighted by Crippen LogP contribution is -2.29. The second kappa shape index (κ2) is 8.17. The average Bonchev–Trinajstić information content (AvgIpc) is 2.84. The number of aliphatic hydroxyl groups is 2. The van der Waals surface area contributed by atoms with Gasteiger partial charge in [-0.1, -0.05) is 42.3 Å². The Balaban J connectivity index is 2.11. The largest absolute Gasteiger partial charge is 0.507 e. The molecule has 6 heteroatoms. The van der Waals surface area contributed by atoms with Crippen LogP contribution in [0.3, 0.4) is 0 Å². The molecule has 0 fully saturated rings. The van der Waals surface area contributed by atoms with Crippen LogP contribution in [0.5, 0.6) is 5.75 Å². The van der Waals surface area contributed by atoms with Crippen molar-refractivity contribution in [2.75, 3.05) is 12.4 Å². The lowest BCUT2D eigenvalue weighted by Gasteiger charge is -2.19. The monoisotopic (exact) mass is 366 g/mol. The maximum atomic E-state index is 12.1. The molecule has 0 spiro atoms. The first kappa shape index (κ1) is 19.7. The molecule has 0 unspecified atom stereocenters. The normalized spacial score (nSPS) is 21.6. The summed E-state index contributed by atoms with van der Waals surface area (Å²) in [7, 11) is -3.42. The first-order chi connectivity index (χ1) is 11.8. The SMILES string of the molecule is CCC1=C([C@H](O)CC/C(C)=C/c2ccccc2O)[C@H](CO)S(=O)(=O)C1. The topological polar surface area (TPSA) is 94.8 Å². The van der Waals surface area contributed by atoms with Gasteiger partial charge in [-0.25, -0.2) is 8.42 Å². The van der Waals surface area contributed by atoms with Crippen LogP contribution in [0.1, 0.15) is 38.7 Å². The van der Waals surface area contributed by atoms with Gasteiger partial charge in [0.15, 0.2) is 9.84 Å². The van der Waals surface area contributed by atoms with Crippen molar-refractivity contribution in [3.8, 4) is 5.75 Å². The fourth-order valence-corrected chi connectivity index (χ4v) is 5.28. The average molecular weight is 366 g/mol. The third-order valence-electron chi connectivity index (χ3n) is 4.67. The summed E-state index contributed by atoms with van der Waals surface area (Å²) in [6.45, 7) is 3.27. The summed E-state index contributed by atoms with van der Waals surface area (Å²) in [5, 5.41) is 28.8. The molecule has 138 valence electrons. The van der Waals surface area contributed by atoms with Crippen molar-refractivity contribution in [2.45, 2.75) is 44.5 Å². The number of para-hydroxylation sites is 1. The van der Waals surface area contributed by atoms with Crippen molar-refractivity contribution in [2.24, 2.45) is 0 Å². The Labute approximate surface area is 149 Å². The summed E-state index contributed by atoms with van der Waals surface area (Å²) in [4.78, 5) is 0. The quantitative estimate of drug-likeness (QED) is 0.644. The van der Waals surface area contributed by atoms with Gasteiger partial charge < -0.3 is 15.3 Å². The van der Waals surface area contributed by atoms with Gasteiger partial charge in [0.25, 0.3) is 0 Å². The lowest BCUT2D eigenvalue weighted by atomic mass is 9.94. The molecular formula is C19H26O5S. The predicted octanol–water partition coefficient (Wildman–Crippen LogP) is 2.43. The van der Waals surface area contributed by atoms with Gasteiger partial charge in [0.2, 0.25) is 0 Å². The van der Waals surface area contributed by atoms with Gasteiger partial charge in [0.05, 0.1) is 18.5 Å². The molecule has 1 heterocycles. The van der Waals surface area contributed by atoms with Gasteiger partial charge in [0, 0.05) is 5.56 Å². The third-order valence-corrected chi connectivity index (χ3v) is 6.69. The van der Waals surface area contributed by atoms with Gasteiger partial charge in [-0.15, -0.1) is 0 Å². The zero-order valence-corrected chi connectivity index (χ0v) is 15.5. The van der Waals surface area contributed by atoms with Crippen molar-refractivity contribution < 1.29 is 23.7 Å². The molecule has 5 nitrogen and oxygen atoms in total. The number of sulfone groups is 1. The number of phenols is 1. The number of aliphatic hydroxyl groups excluding tert-OH is 2. The van der Waals surface area contributed by atoms with E-state index < -0.39 is 27.8 Å². The maximum Gasteiger partial charge on any atom is 0.163 e. The summed E-state index contributed by atoms with van der Waals surface area (Å²) in [5.41, 5.74) is 2.87. The zero-order chi connectivity index (χ0) is 18.6. The molecule has 1 aliphatic rings. The molecular weight excluding hydrogens is 340 g/mol. The fraction of sp³-hybridized carbons (Fsp3) is 0.474. The number of aromatic hydroxyl groups is 1. The van der Waals surface area contributed by atoms with Crippen LogP contribution in [-0.2, 0) is 9.84 Å². The van der Waals surface area contributed by atoms with E-state index in [1.165, 1.54) is 0 Å². The number of hydrogen-bond acceptors (Lipinski definition) is 5. The van der Waals surface area contributed by atoms with Gasteiger partial charge >= 0.3 is 0 Å². The van der Waals surface area contributed by atoms with E-state index in [1.807, 2.05) is 26.0 Å². The van der Waals surface area contributed by atoms with E-state index in [0.717, 1.165) is 5.57 Å². The Morgan fingerprint density at radius 1 is 1.36 bits per heavy atom. The van der Waals surface area contributed by atoms with Gasteiger partial charge in [-0.05, 0) is 37.8 Å². The van der Waals surface area contributed by atoms with Crippen LogP contribution < -0.4 is 0 Å². The highest BCUT2D eigenvalue weighted by atomic mass is 32.2. The lowest BCUT2D eigenvalue weighted by molar-refractivity contribution is 0.188. The van der Waals surface area contributed by atoms with Crippen LogP contribution >= 0.6 is 0 Å². The van der Waals surface area contributed by atoms with Crippen molar-refractivity contribution in [3.05, 3.63) is 46.5 Å². The highest BCUT2D eigenvalue weighted by Gasteiger charge is 2.40. The number of hydrogen-bond donors (Lipinski definition) is 3. The minimum Gasteiger partial charge on any atom is -0.507 e. The van der Waals surface area contributed by atoms with E-state index in [4.69, 9.17) is 0 Å². The highest BCUT2D eigenvalue weighted by Crippen LogP contribution is 2.33. The molecule has 25 heavy (non-hydrogen) atoms. The number of phenolic OH excluding ortho intramolecular Hbond substituents is 1. The zero-order valence-electron chi connectivity index (χ0n) is 14.6. The van der Waals surface area contributed by atoms with Crippen LogP contribution in [-0.4, -0.2) is 47.5 Å². The van der Waals surface area contributed by atoms with E-state index in [0.29, 0.717) is 36.0 Å². The van der Waals surface area contributed by atoms with E-state index in [-0.39, 0.29) is 11.5 Å². The molecule has 1 aromatic carbocycles. The number of benzene rings is 1. The Hall–Kier alpha value is -1.63. The summed E-state index contributed by atoms with van der Waals surface area (Å²) in [5.74, 6) is 0.119. The van der Waals surface area contributed by atoms with Crippen molar-refractivity contribution in [3.63, 3.8) is 0 Å². The predicted molar refractivity (Wildman–Crippen MR) is 99.0 cm³/mol. The Morgan fingerprint density at radius 3 is 2.64 bits per heavy atom. The molecule has 1 aromatic rings.